The monoisotopic (exact) mass is 241 g/mol. The predicted octanol–water partition coefficient (Wildman–Crippen LogP) is 2.04. The third-order valence-electron chi connectivity index (χ3n) is 2.37. The van der Waals surface area contributed by atoms with E-state index in [0.29, 0.717) is 16.7 Å². The van der Waals surface area contributed by atoms with Gasteiger partial charge in [-0.3, -0.25) is 9.59 Å². The summed E-state index contributed by atoms with van der Waals surface area (Å²) in [6, 6.07) is 8.95. The standard InChI is InChI=1S/C13H11N3O2/c1-8(2)12(17)14-11-10(13(18)16-15-11)9-6-4-3-5-7-9/h3-7H,1H2,2H3,(H,14,17). The number of amides is 2. The van der Waals surface area contributed by atoms with Crippen LogP contribution in [0.15, 0.2) is 58.5 Å². The van der Waals surface area contributed by atoms with E-state index < -0.39 is 5.91 Å². The fourth-order valence-corrected chi connectivity index (χ4v) is 1.46. The van der Waals surface area contributed by atoms with Crippen molar-refractivity contribution in [3.8, 4) is 0 Å². The molecule has 1 aliphatic rings. The van der Waals surface area contributed by atoms with E-state index >= 15 is 0 Å². The minimum Gasteiger partial charge on any atom is -0.305 e. The number of hydrogen-bond donors (Lipinski definition) is 1. The lowest BCUT2D eigenvalue weighted by Gasteiger charge is -2.05. The largest absolute Gasteiger partial charge is 0.305 e. The number of hydrogen-bond acceptors (Lipinski definition) is 3. The van der Waals surface area contributed by atoms with Crippen molar-refractivity contribution < 1.29 is 9.59 Å². The Balaban J connectivity index is 2.38. The molecule has 0 unspecified atom stereocenters. The van der Waals surface area contributed by atoms with Gasteiger partial charge in [-0.05, 0) is 12.5 Å². The summed E-state index contributed by atoms with van der Waals surface area (Å²) in [6.07, 6.45) is 0. The molecule has 1 aromatic rings. The molecule has 1 aromatic carbocycles. The summed E-state index contributed by atoms with van der Waals surface area (Å²) >= 11 is 0. The normalized spacial score (nSPS) is 13.9. The zero-order chi connectivity index (χ0) is 13.1. The summed E-state index contributed by atoms with van der Waals surface area (Å²) in [5.74, 6) is -0.676. The fraction of sp³-hybridized carbons (Fsp3) is 0.0769. The molecule has 0 fully saturated rings. The highest BCUT2D eigenvalue weighted by molar-refractivity contribution is 6.22. The van der Waals surface area contributed by atoms with Crippen LogP contribution in [0, 0.1) is 0 Å². The molecule has 5 heteroatoms. The van der Waals surface area contributed by atoms with Crippen LogP contribution in [0.25, 0.3) is 5.57 Å². The summed E-state index contributed by atoms with van der Waals surface area (Å²) in [5, 5.41) is 9.65. The number of nitrogens with zero attached hydrogens (tertiary/aromatic N) is 2. The molecule has 0 saturated carbocycles. The molecule has 2 amide bonds. The van der Waals surface area contributed by atoms with Gasteiger partial charge in [0, 0.05) is 5.57 Å². The molecule has 0 saturated heterocycles. The molecule has 18 heavy (non-hydrogen) atoms. The third-order valence-corrected chi connectivity index (χ3v) is 2.37. The van der Waals surface area contributed by atoms with Gasteiger partial charge in [0.25, 0.3) is 11.8 Å². The summed E-state index contributed by atoms with van der Waals surface area (Å²) in [5.41, 5.74) is 1.30. The molecule has 1 N–H and O–H groups in total. The first-order valence-corrected chi connectivity index (χ1v) is 5.32. The lowest BCUT2D eigenvalue weighted by atomic mass is 10.1. The fourth-order valence-electron chi connectivity index (χ4n) is 1.46. The van der Waals surface area contributed by atoms with Gasteiger partial charge in [0.2, 0.25) is 0 Å². The maximum atomic E-state index is 11.6. The average molecular weight is 241 g/mol. The Labute approximate surface area is 104 Å². The number of carbonyl (C=O) groups excluding carboxylic acids is 2. The lowest BCUT2D eigenvalue weighted by Crippen LogP contribution is -2.22. The van der Waals surface area contributed by atoms with Gasteiger partial charge in [-0.15, -0.1) is 10.2 Å². The Morgan fingerprint density at radius 3 is 2.50 bits per heavy atom. The SMILES string of the molecule is C=C(C)C(=O)NC1=C(c2ccccc2)C(=O)N=N1. The van der Waals surface area contributed by atoms with Crippen LogP contribution < -0.4 is 5.32 Å². The van der Waals surface area contributed by atoms with Crippen molar-refractivity contribution in [3.05, 3.63) is 53.9 Å². The van der Waals surface area contributed by atoms with Crippen molar-refractivity contribution >= 4 is 17.4 Å². The highest BCUT2D eigenvalue weighted by Gasteiger charge is 2.24. The second kappa shape index (κ2) is 4.75. The van der Waals surface area contributed by atoms with E-state index in [9.17, 15) is 9.59 Å². The van der Waals surface area contributed by atoms with Crippen molar-refractivity contribution in [2.24, 2.45) is 10.2 Å². The number of rotatable bonds is 3. The van der Waals surface area contributed by atoms with E-state index in [1.165, 1.54) is 0 Å². The Morgan fingerprint density at radius 1 is 1.22 bits per heavy atom. The minimum absolute atomic E-state index is 0.166. The van der Waals surface area contributed by atoms with Crippen molar-refractivity contribution in [3.63, 3.8) is 0 Å². The zero-order valence-corrected chi connectivity index (χ0v) is 9.80. The van der Waals surface area contributed by atoms with Gasteiger partial charge in [0.15, 0.2) is 5.82 Å². The minimum atomic E-state index is -0.460. The summed E-state index contributed by atoms with van der Waals surface area (Å²) in [7, 11) is 0. The molecule has 0 aromatic heterocycles. The van der Waals surface area contributed by atoms with Crippen LogP contribution >= 0.6 is 0 Å². The number of azo groups is 1. The van der Waals surface area contributed by atoms with Crippen LogP contribution in [0.4, 0.5) is 0 Å². The van der Waals surface area contributed by atoms with Crippen LogP contribution in [0.1, 0.15) is 12.5 Å². The molecule has 0 radical (unpaired) electrons. The van der Waals surface area contributed by atoms with Crippen LogP contribution in [-0.4, -0.2) is 11.8 Å². The Bertz CT molecular complexity index is 586. The quantitative estimate of drug-likeness (QED) is 0.822. The van der Waals surface area contributed by atoms with Gasteiger partial charge in [-0.25, -0.2) is 0 Å². The zero-order valence-electron chi connectivity index (χ0n) is 9.80. The molecule has 0 atom stereocenters. The number of benzene rings is 1. The molecular weight excluding hydrogens is 230 g/mol. The number of carbonyl (C=O) groups is 2. The van der Waals surface area contributed by atoms with Crippen LogP contribution in [0.2, 0.25) is 0 Å². The van der Waals surface area contributed by atoms with Gasteiger partial charge in [-0.2, -0.15) is 0 Å². The van der Waals surface area contributed by atoms with Crippen LogP contribution in [-0.2, 0) is 9.59 Å². The lowest BCUT2D eigenvalue weighted by molar-refractivity contribution is -0.116. The Kier molecular flexibility index (Phi) is 3.14. The number of nitrogens with one attached hydrogen (secondary N) is 1. The van der Waals surface area contributed by atoms with Gasteiger partial charge < -0.3 is 5.32 Å². The highest BCUT2D eigenvalue weighted by atomic mass is 16.2. The van der Waals surface area contributed by atoms with E-state index in [1.807, 2.05) is 6.07 Å². The smallest absolute Gasteiger partial charge is 0.299 e. The van der Waals surface area contributed by atoms with Crippen molar-refractivity contribution in [1.29, 1.82) is 0 Å². The maximum Gasteiger partial charge on any atom is 0.299 e. The first-order chi connectivity index (χ1) is 8.59. The first-order valence-electron chi connectivity index (χ1n) is 5.32. The first kappa shape index (κ1) is 11.9. The average Bonchev–Trinajstić information content (AvgIpc) is 2.71. The van der Waals surface area contributed by atoms with Crippen LogP contribution in [0.5, 0.6) is 0 Å². The van der Waals surface area contributed by atoms with E-state index in [-0.39, 0.29) is 11.7 Å². The molecule has 0 bridgehead atoms. The molecule has 2 rings (SSSR count). The highest BCUT2D eigenvalue weighted by Crippen LogP contribution is 2.25. The van der Waals surface area contributed by atoms with Gasteiger partial charge in [0.1, 0.15) is 0 Å². The second-order valence-corrected chi connectivity index (χ2v) is 3.83. The predicted molar refractivity (Wildman–Crippen MR) is 66.2 cm³/mol. The van der Waals surface area contributed by atoms with Crippen LogP contribution in [0.3, 0.4) is 0 Å². The Morgan fingerprint density at radius 2 is 1.89 bits per heavy atom. The maximum absolute atomic E-state index is 11.6. The molecule has 90 valence electrons. The van der Waals surface area contributed by atoms with E-state index in [1.54, 1.807) is 31.2 Å². The molecule has 5 nitrogen and oxygen atoms in total. The van der Waals surface area contributed by atoms with Crippen molar-refractivity contribution in [2.45, 2.75) is 6.92 Å². The molecule has 1 aliphatic heterocycles. The second-order valence-electron chi connectivity index (χ2n) is 3.83. The van der Waals surface area contributed by atoms with Crippen molar-refractivity contribution in [1.82, 2.24) is 5.32 Å². The molecule has 1 heterocycles. The van der Waals surface area contributed by atoms with Gasteiger partial charge in [-0.1, -0.05) is 36.9 Å². The molecular formula is C13H11N3O2. The summed E-state index contributed by atoms with van der Waals surface area (Å²) in [4.78, 5) is 23.2. The molecule has 0 spiro atoms. The van der Waals surface area contributed by atoms with E-state index in [0.717, 1.165) is 0 Å². The third kappa shape index (κ3) is 2.24. The topological polar surface area (TPSA) is 70.9 Å². The van der Waals surface area contributed by atoms with E-state index in [4.69, 9.17) is 0 Å². The Hall–Kier alpha value is -2.56. The van der Waals surface area contributed by atoms with Gasteiger partial charge >= 0.3 is 0 Å². The molecule has 0 aliphatic carbocycles. The van der Waals surface area contributed by atoms with Crippen molar-refractivity contribution in [2.75, 3.05) is 0 Å². The van der Waals surface area contributed by atoms with Gasteiger partial charge in [0.05, 0.1) is 5.57 Å². The summed E-state index contributed by atoms with van der Waals surface area (Å²) < 4.78 is 0. The summed E-state index contributed by atoms with van der Waals surface area (Å²) in [6.45, 7) is 5.10. The van der Waals surface area contributed by atoms with E-state index in [2.05, 4.69) is 22.1 Å².